The second-order valence-corrected chi connectivity index (χ2v) is 3.93. The third-order valence-corrected chi connectivity index (χ3v) is 2.41. The minimum absolute atomic E-state index is 0.00509. The van der Waals surface area contributed by atoms with Gasteiger partial charge in [0.05, 0.1) is 12.7 Å². The van der Waals surface area contributed by atoms with Crippen molar-refractivity contribution in [3.05, 3.63) is 18.7 Å². The summed E-state index contributed by atoms with van der Waals surface area (Å²) in [5.41, 5.74) is 0. The van der Waals surface area contributed by atoms with Gasteiger partial charge in [-0.15, -0.1) is 0 Å². The molecule has 0 aliphatic carbocycles. The molecule has 0 aliphatic heterocycles. The number of carboxylic acid groups (broad SMARTS) is 2. The first-order valence-corrected chi connectivity index (χ1v) is 6.08. The van der Waals surface area contributed by atoms with Crippen LogP contribution in [0.2, 0.25) is 0 Å². The summed E-state index contributed by atoms with van der Waals surface area (Å²) in [4.78, 5) is 34.1. The van der Waals surface area contributed by atoms with E-state index in [1.54, 1.807) is 12.5 Å². The van der Waals surface area contributed by atoms with E-state index in [0.717, 1.165) is 6.42 Å². The summed E-state index contributed by atoms with van der Waals surface area (Å²) in [6.07, 6.45) is 5.87. The molecule has 20 heavy (non-hydrogen) atoms. The molecule has 1 atom stereocenters. The van der Waals surface area contributed by atoms with Gasteiger partial charge in [-0.05, 0) is 6.42 Å². The Morgan fingerprint density at radius 2 is 2.10 bits per heavy atom. The lowest BCUT2D eigenvalue weighted by atomic mass is 10.2. The van der Waals surface area contributed by atoms with Crippen molar-refractivity contribution in [3.8, 4) is 0 Å². The zero-order valence-electron chi connectivity index (χ0n) is 11.2. The molecular weight excluding hydrogens is 266 g/mol. The van der Waals surface area contributed by atoms with Crippen LogP contribution in [0.4, 0.5) is 0 Å². The molecule has 1 aromatic heterocycles. The minimum atomic E-state index is -0.956. The Morgan fingerprint density at radius 3 is 2.55 bits per heavy atom. The molecule has 1 heterocycles. The molecule has 1 unspecified atom stereocenters. The predicted molar refractivity (Wildman–Crippen MR) is 70.0 cm³/mol. The molecule has 0 saturated carbocycles. The summed E-state index contributed by atoms with van der Waals surface area (Å²) >= 11 is 0. The Hall–Kier alpha value is -2.38. The van der Waals surface area contributed by atoms with Crippen molar-refractivity contribution in [1.82, 2.24) is 14.9 Å². The van der Waals surface area contributed by atoms with Gasteiger partial charge in [0, 0.05) is 31.4 Å². The standard InChI is InChI=1S/C11H17N3O3.CH2O2/c1-2-9(7-14-6-5-12-8-14)13-10(15)3-4-11(16)17;2-1-3/h5-6,8-9H,2-4,7H2,1H3,(H,13,15)(H,16,17);1H,(H,2,3). The van der Waals surface area contributed by atoms with Crippen LogP contribution in [0.15, 0.2) is 18.7 Å². The maximum atomic E-state index is 11.4. The van der Waals surface area contributed by atoms with Gasteiger partial charge in [-0.2, -0.15) is 0 Å². The summed E-state index contributed by atoms with van der Waals surface area (Å²) in [6, 6.07) is 0.00509. The fraction of sp³-hybridized carbons (Fsp3) is 0.500. The molecular formula is C12H19N3O5. The first-order chi connectivity index (χ1) is 9.53. The van der Waals surface area contributed by atoms with Crippen molar-refractivity contribution in [2.75, 3.05) is 0 Å². The Balaban J connectivity index is 0.00000110. The monoisotopic (exact) mass is 285 g/mol. The van der Waals surface area contributed by atoms with Crippen LogP contribution in [0.25, 0.3) is 0 Å². The van der Waals surface area contributed by atoms with Crippen LogP contribution in [-0.2, 0) is 20.9 Å². The highest BCUT2D eigenvalue weighted by molar-refractivity contribution is 5.80. The van der Waals surface area contributed by atoms with E-state index >= 15 is 0 Å². The summed E-state index contributed by atoms with van der Waals surface area (Å²) < 4.78 is 1.88. The summed E-state index contributed by atoms with van der Waals surface area (Å²) in [5, 5.41) is 18.2. The van der Waals surface area contributed by atoms with Crippen molar-refractivity contribution in [2.24, 2.45) is 0 Å². The third kappa shape index (κ3) is 8.67. The van der Waals surface area contributed by atoms with Gasteiger partial charge in [0.15, 0.2) is 0 Å². The van der Waals surface area contributed by atoms with Gasteiger partial charge in [0.2, 0.25) is 5.91 Å². The van der Waals surface area contributed by atoms with E-state index < -0.39 is 5.97 Å². The van der Waals surface area contributed by atoms with Crippen LogP contribution in [0.5, 0.6) is 0 Å². The molecule has 1 rings (SSSR count). The van der Waals surface area contributed by atoms with Gasteiger partial charge in [-0.1, -0.05) is 6.92 Å². The zero-order valence-corrected chi connectivity index (χ0v) is 11.2. The van der Waals surface area contributed by atoms with Crippen molar-refractivity contribution < 1.29 is 24.6 Å². The van der Waals surface area contributed by atoms with E-state index in [9.17, 15) is 9.59 Å². The summed E-state index contributed by atoms with van der Waals surface area (Å²) in [6.45, 7) is 2.37. The van der Waals surface area contributed by atoms with Gasteiger partial charge in [0.25, 0.3) is 6.47 Å². The van der Waals surface area contributed by atoms with Gasteiger partial charge in [-0.3, -0.25) is 14.4 Å². The minimum Gasteiger partial charge on any atom is -0.483 e. The molecule has 1 amide bonds. The molecule has 0 aromatic carbocycles. The number of carboxylic acids is 1. The normalized spacial score (nSPS) is 10.8. The molecule has 0 bridgehead atoms. The predicted octanol–water partition coefficient (Wildman–Crippen LogP) is 0.344. The lowest BCUT2D eigenvalue weighted by Gasteiger charge is -2.17. The average Bonchev–Trinajstić information content (AvgIpc) is 2.89. The SMILES string of the molecule is CCC(Cn1ccnc1)NC(=O)CCC(=O)O.O=CO. The van der Waals surface area contributed by atoms with Gasteiger partial charge in [-0.25, -0.2) is 4.98 Å². The second kappa shape index (κ2) is 10.5. The molecule has 0 saturated heterocycles. The lowest BCUT2D eigenvalue weighted by molar-refractivity contribution is -0.139. The fourth-order valence-corrected chi connectivity index (χ4v) is 1.45. The van der Waals surface area contributed by atoms with Crippen LogP contribution in [0, 0.1) is 0 Å². The van der Waals surface area contributed by atoms with Crippen molar-refractivity contribution in [2.45, 2.75) is 38.8 Å². The Bertz CT molecular complexity index is 405. The van der Waals surface area contributed by atoms with Gasteiger partial charge in [0.1, 0.15) is 0 Å². The van der Waals surface area contributed by atoms with Crippen LogP contribution in [-0.4, -0.2) is 44.2 Å². The first kappa shape index (κ1) is 17.6. The van der Waals surface area contributed by atoms with E-state index in [1.165, 1.54) is 0 Å². The highest BCUT2D eigenvalue weighted by atomic mass is 16.4. The molecule has 1 aromatic rings. The molecule has 0 fully saturated rings. The van der Waals surface area contributed by atoms with E-state index in [0.29, 0.717) is 6.54 Å². The average molecular weight is 285 g/mol. The van der Waals surface area contributed by atoms with E-state index in [1.807, 2.05) is 17.7 Å². The van der Waals surface area contributed by atoms with Crippen LogP contribution < -0.4 is 5.32 Å². The molecule has 3 N–H and O–H groups in total. The van der Waals surface area contributed by atoms with Crippen molar-refractivity contribution >= 4 is 18.3 Å². The lowest BCUT2D eigenvalue weighted by Crippen LogP contribution is -2.37. The number of nitrogens with one attached hydrogen (secondary N) is 1. The maximum Gasteiger partial charge on any atom is 0.303 e. The number of imidazole rings is 1. The largest absolute Gasteiger partial charge is 0.483 e. The maximum absolute atomic E-state index is 11.4. The van der Waals surface area contributed by atoms with Crippen LogP contribution >= 0.6 is 0 Å². The van der Waals surface area contributed by atoms with Crippen LogP contribution in [0.1, 0.15) is 26.2 Å². The Morgan fingerprint density at radius 1 is 1.45 bits per heavy atom. The first-order valence-electron chi connectivity index (χ1n) is 6.08. The number of nitrogens with zero attached hydrogens (tertiary/aromatic N) is 2. The molecule has 0 spiro atoms. The van der Waals surface area contributed by atoms with Crippen LogP contribution in [0.3, 0.4) is 0 Å². The van der Waals surface area contributed by atoms with Gasteiger partial charge < -0.3 is 20.1 Å². The number of hydrogen-bond donors (Lipinski definition) is 3. The zero-order chi connectivity index (χ0) is 15.4. The smallest absolute Gasteiger partial charge is 0.303 e. The Kier molecular flexibility index (Phi) is 9.28. The number of aliphatic carboxylic acids is 1. The highest BCUT2D eigenvalue weighted by Gasteiger charge is 2.11. The number of hydrogen-bond acceptors (Lipinski definition) is 4. The second-order valence-electron chi connectivity index (χ2n) is 3.93. The van der Waals surface area contributed by atoms with Gasteiger partial charge >= 0.3 is 5.97 Å². The molecule has 0 radical (unpaired) electrons. The molecule has 8 heteroatoms. The van der Waals surface area contributed by atoms with Crippen molar-refractivity contribution in [3.63, 3.8) is 0 Å². The number of carbonyl (C=O) groups is 3. The van der Waals surface area contributed by atoms with E-state index in [2.05, 4.69) is 10.3 Å². The quantitative estimate of drug-likeness (QED) is 0.621. The summed E-state index contributed by atoms with van der Waals surface area (Å²) in [5.74, 6) is -1.18. The van der Waals surface area contributed by atoms with E-state index in [4.69, 9.17) is 15.0 Å². The molecule has 8 nitrogen and oxygen atoms in total. The number of amides is 1. The topological polar surface area (TPSA) is 122 Å². The molecule has 0 aliphatic rings. The fourth-order valence-electron chi connectivity index (χ4n) is 1.45. The Labute approximate surface area is 116 Å². The van der Waals surface area contributed by atoms with Crippen molar-refractivity contribution in [1.29, 1.82) is 0 Å². The number of rotatable bonds is 7. The number of carbonyl (C=O) groups excluding carboxylic acids is 1. The highest BCUT2D eigenvalue weighted by Crippen LogP contribution is 1.99. The third-order valence-electron chi connectivity index (χ3n) is 2.41. The summed E-state index contributed by atoms with van der Waals surface area (Å²) in [7, 11) is 0. The molecule has 112 valence electrons. The number of aromatic nitrogens is 2. The van der Waals surface area contributed by atoms with E-state index in [-0.39, 0.29) is 31.3 Å².